The molecule has 2 aromatic heterocycles. The zero-order chi connectivity index (χ0) is 12.3. The molecule has 0 fully saturated rings. The van der Waals surface area contributed by atoms with Gasteiger partial charge >= 0.3 is 0 Å². The largest absolute Gasteiger partial charge is 0.396 e. The Hall–Kier alpha value is -1.62. The van der Waals surface area contributed by atoms with Crippen LogP contribution in [-0.2, 0) is 0 Å². The van der Waals surface area contributed by atoms with E-state index in [-0.39, 0.29) is 12.6 Å². The van der Waals surface area contributed by atoms with Gasteiger partial charge in [0.1, 0.15) is 0 Å². The minimum atomic E-state index is 0.179. The van der Waals surface area contributed by atoms with Crippen LogP contribution in [0.3, 0.4) is 0 Å². The van der Waals surface area contributed by atoms with Crippen molar-refractivity contribution in [2.24, 2.45) is 0 Å². The number of aryl methyl sites for hydroxylation is 1. The van der Waals surface area contributed by atoms with Crippen molar-refractivity contribution in [3.8, 4) is 0 Å². The molecule has 2 heterocycles. The first kappa shape index (κ1) is 11.9. The van der Waals surface area contributed by atoms with Gasteiger partial charge in [0.2, 0.25) is 5.95 Å². The molecule has 0 aliphatic carbocycles. The zero-order valence-electron chi connectivity index (χ0n) is 10.2. The van der Waals surface area contributed by atoms with Gasteiger partial charge in [-0.1, -0.05) is 6.92 Å². The molecule has 0 aromatic carbocycles. The van der Waals surface area contributed by atoms with Crippen LogP contribution < -0.4 is 5.32 Å². The fraction of sp³-hybridized carbons (Fsp3) is 0.500. The summed E-state index contributed by atoms with van der Waals surface area (Å²) in [5, 5.41) is 16.5. The van der Waals surface area contributed by atoms with E-state index in [0.717, 1.165) is 12.1 Å². The normalized spacial score (nSPS) is 12.9. The van der Waals surface area contributed by atoms with Gasteiger partial charge in [0.05, 0.1) is 0 Å². The fourth-order valence-electron chi connectivity index (χ4n) is 1.76. The molecule has 17 heavy (non-hydrogen) atoms. The highest BCUT2D eigenvalue weighted by Crippen LogP contribution is 2.10. The van der Waals surface area contributed by atoms with E-state index in [2.05, 4.69) is 22.3 Å². The van der Waals surface area contributed by atoms with Crippen LogP contribution >= 0.6 is 0 Å². The van der Waals surface area contributed by atoms with Crippen molar-refractivity contribution in [1.29, 1.82) is 0 Å². The summed E-state index contributed by atoms with van der Waals surface area (Å²) in [6.45, 7) is 4.29. The predicted octanol–water partition coefficient (Wildman–Crippen LogP) is 1.61. The average molecular weight is 234 g/mol. The molecular weight excluding hydrogens is 216 g/mol. The Morgan fingerprint density at radius 1 is 1.53 bits per heavy atom. The molecule has 0 saturated carbocycles. The molecule has 2 N–H and O–H groups in total. The van der Waals surface area contributed by atoms with Gasteiger partial charge in [0.15, 0.2) is 5.65 Å². The number of rotatable bonds is 5. The van der Waals surface area contributed by atoms with E-state index in [4.69, 9.17) is 5.11 Å². The predicted molar refractivity (Wildman–Crippen MR) is 67.1 cm³/mol. The maximum absolute atomic E-state index is 8.94. The van der Waals surface area contributed by atoms with Gasteiger partial charge in [-0.2, -0.15) is 4.98 Å². The minimum absolute atomic E-state index is 0.179. The number of nitrogens with one attached hydrogen (secondary N) is 1. The van der Waals surface area contributed by atoms with Gasteiger partial charge in [0.25, 0.3) is 0 Å². The Labute approximate surface area is 100 Å². The lowest BCUT2D eigenvalue weighted by Gasteiger charge is -2.13. The van der Waals surface area contributed by atoms with Crippen molar-refractivity contribution in [1.82, 2.24) is 14.6 Å². The Balaban J connectivity index is 2.18. The standard InChI is InChI=1S/C12H18N4O/c1-3-10(5-7-17)13-12-14-11-8-9(2)4-6-16(11)15-12/h4,6,8,10,17H,3,5,7H2,1-2H3,(H,13,15). The molecule has 0 spiro atoms. The van der Waals surface area contributed by atoms with E-state index in [1.807, 2.05) is 25.3 Å². The van der Waals surface area contributed by atoms with Gasteiger partial charge in [-0.25, -0.2) is 4.52 Å². The van der Waals surface area contributed by atoms with E-state index in [0.29, 0.717) is 12.4 Å². The second kappa shape index (κ2) is 5.14. The van der Waals surface area contributed by atoms with Gasteiger partial charge < -0.3 is 10.4 Å². The van der Waals surface area contributed by atoms with E-state index in [9.17, 15) is 0 Å². The highest BCUT2D eigenvalue weighted by molar-refractivity contribution is 5.45. The van der Waals surface area contributed by atoms with Gasteiger partial charge in [0, 0.05) is 18.8 Å². The summed E-state index contributed by atoms with van der Waals surface area (Å²) in [6, 6.07) is 4.21. The van der Waals surface area contributed by atoms with Crippen LogP contribution in [0, 0.1) is 6.92 Å². The van der Waals surface area contributed by atoms with Gasteiger partial charge in [-0.3, -0.25) is 0 Å². The average Bonchev–Trinajstić information content (AvgIpc) is 2.69. The first-order valence-corrected chi connectivity index (χ1v) is 5.93. The Morgan fingerprint density at radius 3 is 3.06 bits per heavy atom. The summed E-state index contributed by atoms with van der Waals surface area (Å²) >= 11 is 0. The number of anilines is 1. The second-order valence-corrected chi connectivity index (χ2v) is 4.20. The molecule has 0 aliphatic rings. The van der Waals surface area contributed by atoms with E-state index in [1.165, 1.54) is 5.56 Å². The van der Waals surface area contributed by atoms with E-state index in [1.54, 1.807) is 4.52 Å². The van der Waals surface area contributed by atoms with Crippen molar-refractivity contribution in [3.63, 3.8) is 0 Å². The smallest absolute Gasteiger partial charge is 0.243 e. The van der Waals surface area contributed by atoms with Crippen molar-refractivity contribution < 1.29 is 5.11 Å². The van der Waals surface area contributed by atoms with Crippen LogP contribution in [0.25, 0.3) is 5.65 Å². The maximum Gasteiger partial charge on any atom is 0.243 e. The summed E-state index contributed by atoms with van der Waals surface area (Å²) in [7, 11) is 0. The lowest BCUT2D eigenvalue weighted by atomic mass is 10.2. The number of aromatic nitrogens is 3. The fourth-order valence-corrected chi connectivity index (χ4v) is 1.76. The number of hydrogen-bond donors (Lipinski definition) is 2. The van der Waals surface area contributed by atoms with Crippen LogP contribution in [0.2, 0.25) is 0 Å². The molecule has 5 nitrogen and oxygen atoms in total. The topological polar surface area (TPSA) is 62.5 Å². The third kappa shape index (κ3) is 2.74. The van der Waals surface area contributed by atoms with Crippen LogP contribution in [0.15, 0.2) is 18.3 Å². The number of aliphatic hydroxyl groups is 1. The van der Waals surface area contributed by atoms with Crippen molar-refractivity contribution in [2.45, 2.75) is 32.7 Å². The van der Waals surface area contributed by atoms with E-state index < -0.39 is 0 Å². The SMILES string of the molecule is CCC(CCO)Nc1nc2cc(C)ccn2n1. The lowest BCUT2D eigenvalue weighted by Crippen LogP contribution is -2.20. The lowest BCUT2D eigenvalue weighted by molar-refractivity contribution is 0.278. The summed E-state index contributed by atoms with van der Waals surface area (Å²) in [4.78, 5) is 4.40. The van der Waals surface area contributed by atoms with Crippen LogP contribution in [-0.4, -0.2) is 32.4 Å². The molecule has 2 aromatic rings. The molecule has 0 saturated heterocycles. The maximum atomic E-state index is 8.94. The molecule has 92 valence electrons. The molecule has 1 unspecified atom stereocenters. The number of nitrogens with zero attached hydrogens (tertiary/aromatic N) is 3. The molecule has 0 bridgehead atoms. The molecule has 5 heteroatoms. The molecule has 1 atom stereocenters. The van der Waals surface area contributed by atoms with Crippen LogP contribution in [0.5, 0.6) is 0 Å². The first-order chi connectivity index (χ1) is 8.22. The third-order valence-electron chi connectivity index (χ3n) is 2.80. The molecular formula is C12H18N4O. The summed E-state index contributed by atoms with van der Waals surface area (Å²) in [5.74, 6) is 0.621. The first-order valence-electron chi connectivity index (χ1n) is 5.93. The number of aliphatic hydroxyl groups excluding tert-OH is 1. The van der Waals surface area contributed by atoms with Gasteiger partial charge in [-0.15, -0.1) is 5.10 Å². The molecule has 0 aliphatic heterocycles. The molecule has 2 rings (SSSR count). The zero-order valence-corrected chi connectivity index (χ0v) is 10.2. The Bertz CT molecular complexity index is 494. The Kier molecular flexibility index (Phi) is 3.58. The van der Waals surface area contributed by atoms with Crippen molar-refractivity contribution in [2.75, 3.05) is 11.9 Å². The molecule has 0 amide bonds. The van der Waals surface area contributed by atoms with Crippen molar-refractivity contribution >= 4 is 11.6 Å². The third-order valence-corrected chi connectivity index (χ3v) is 2.80. The minimum Gasteiger partial charge on any atom is -0.396 e. The number of hydrogen-bond acceptors (Lipinski definition) is 4. The second-order valence-electron chi connectivity index (χ2n) is 4.20. The quantitative estimate of drug-likeness (QED) is 0.825. The number of pyridine rings is 1. The summed E-state index contributed by atoms with van der Waals surface area (Å²) < 4.78 is 1.75. The molecule has 0 radical (unpaired) electrons. The monoisotopic (exact) mass is 234 g/mol. The van der Waals surface area contributed by atoms with E-state index >= 15 is 0 Å². The Morgan fingerprint density at radius 2 is 2.35 bits per heavy atom. The summed E-state index contributed by atoms with van der Waals surface area (Å²) in [5.41, 5.74) is 2.00. The summed E-state index contributed by atoms with van der Waals surface area (Å²) in [6.07, 6.45) is 3.55. The van der Waals surface area contributed by atoms with Crippen molar-refractivity contribution in [3.05, 3.63) is 23.9 Å². The van der Waals surface area contributed by atoms with Gasteiger partial charge in [-0.05, 0) is 37.5 Å². The number of fused-ring (bicyclic) bond motifs is 1. The highest BCUT2D eigenvalue weighted by atomic mass is 16.3. The highest BCUT2D eigenvalue weighted by Gasteiger charge is 2.09. The van der Waals surface area contributed by atoms with Crippen LogP contribution in [0.1, 0.15) is 25.3 Å². The van der Waals surface area contributed by atoms with Crippen LogP contribution in [0.4, 0.5) is 5.95 Å².